The van der Waals surface area contributed by atoms with Crippen molar-refractivity contribution in [2.24, 2.45) is 5.73 Å². The molecule has 1 saturated heterocycles. The van der Waals surface area contributed by atoms with Crippen LogP contribution in [0.3, 0.4) is 0 Å². The summed E-state index contributed by atoms with van der Waals surface area (Å²) in [5.41, 5.74) is 5.88. The van der Waals surface area contributed by atoms with Crippen molar-refractivity contribution in [3.63, 3.8) is 0 Å². The maximum Gasteiger partial charge on any atom is 0.244 e. The molecule has 2 N–H and O–H groups in total. The maximum atomic E-state index is 13.2. The third-order valence-corrected chi connectivity index (χ3v) is 7.71. The number of halogens is 1. The van der Waals surface area contributed by atoms with Crippen LogP contribution in [0.4, 0.5) is 0 Å². The zero-order valence-electron chi connectivity index (χ0n) is 12.9. The highest BCUT2D eigenvalue weighted by molar-refractivity contribution is 7.93. The summed E-state index contributed by atoms with van der Waals surface area (Å²) in [5, 5.41) is 0.473. The Bertz CT molecular complexity index is 697. The molecule has 2 aliphatic rings. The second-order valence-electron chi connectivity index (χ2n) is 6.46. The summed E-state index contributed by atoms with van der Waals surface area (Å²) >= 11 is 5.85. The van der Waals surface area contributed by atoms with Gasteiger partial charge >= 0.3 is 0 Å². The Morgan fingerprint density at radius 3 is 2.35 bits per heavy atom. The van der Waals surface area contributed by atoms with Crippen LogP contribution in [-0.2, 0) is 14.6 Å². The number of sulfone groups is 1. The average molecular weight is 357 g/mol. The van der Waals surface area contributed by atoms with Crippen LogP contribution in [-0.4, -0.2) is 43.1 Å². The lowest BCUT2D eigenvalue weighted by atomic mass is 10.1. The number of benzene rings is 1. The summed E-state index contributed by atoms with van der Waals surface area (Å²) in [5.74, 6) is -0.280. The van der Waals surface area contributed by atoms with E-state index < -0.39 is 14.6 Å². The number of carbonyl (C=O) groups is 1. The molecule has 5 nitrogen and oxygen atoms in total. The minimum Gasteiger partial charge on any atom is -0.340 e. The molecule has 1 amide bonds. The van der Waals surface area contributed by atoms with Gasteiger partial charge in [0.05, 0.1) is 4.90 Å². The molecular weight excluding hydrogens is 336 g/mol. The van der Waals surface area contributed by atoms with Gasteiger partial charge in [-0.25, -0.2) is 8.42 Å². The number of carbonyl (C=O) groups excluding carboxylic acids is 1. The normalized spacial score (nSPS) is 24.1. The summed E-state index contributed by atoms with van der Waals surface area (Å²) in [7, 11) is -3.76. The van der Waals surface area contributed by atoms with Gasteiger partial charge in [0.1, 0.15) is 0 Å². The molecule has 1 saturated carbocycles. The van der Waals surface area contributed by atoms with E-state index in [1.165, 1.54) is 12.1 Å². The Labute approximate surface area is 141 Å². The predicted molar refractivity (Wildman–Crippen MR) is 89.0 cm³/mol. The van der Waals surface area contributed by atoms with Crippen LogP contribution >= 0.6 is 11.6 Å². The molecule has 1 aromatic carbocycles. The van der Waals surface area contributed by atoms with Crippen LogP contribution < -0.4 is 5.73 Å². The second kappa shape index (κ2) is 6.07. The molecule has 3 rings (SSSR count). The molecule has 0 bridgehead atoms. The van der Waals surface area contributed by atoms with Gasteiger partial charge in [-0.15, -0.1) is 0 Å². The van der Waals surface area contributed by atoms with Crippen molar-refractivity contribution in [2.75, 3.05) is 13.1 Å². The van der Waals surface area contributed by atoms with Crippen molar-refractivity contribution in [1.29, 1.82) is 0 Å². The highest BCUT2D eigenvalue weighted by atomic mass is 35.5. The molecular formula is C16H21ClN2O3S. The molecule has 1 atom stereocenters. The number of hydrogen-bond donors (Lipinski definition) is 1. The quantitative estimate of drug-likeness (QED) is 0.898. The Balaban J connectivity index is 2.00. The third-order valence-electron chi connectivity index (χ3n) is 4.95. The van der Waals surface area contributed by atoms with Crippen molar-refractivity contribution >= 4 is 27.3 Å². The van der Waals surface area contributed by atoms with Crippen molar-refractivity contribution in [2.45, 2.75) is 47.8 Å². The number of rotatable bonds is 3. The summed E-state index contributed by atoms with van der Waals surface area (Å²) in [4.78, 5) is 14.9. The number of nitrogens with two attached hydrogens (primary N) is 1. The summed E-state index contributed by atoms with van der Waals surface area (Å²) < 4.78 is 25.1. The van der Waals surface area contributed by atoms with Gasteiger partial charge in [0.2, 0.25) is 5.91 Å². The van der Waals surface area contributed by atoms with E-state index in [9.17, 15) is 13.2 Å². The monoisotopic (exact) mass is 356 g/mol. The molecule has 0 radical (unpaired) electrons. The smallest absolute Gasteiger partial charge is 0.244 e. The molecule has 1 aliphatic carbocycles. The zero-order valence-corrected chi connectivity index (χ0v) is 14.4. The number of nitrogens with zero attached hydrogens (tertiary/aromatic N) is 1. The Morgan fingerprint density at radius 1 is 1.22 bits per heavy atom. The lowest BCUT2D eigenvalue weighted by molar-refractivity contribution is -0.132. The molecule has 0 aromatic heterocycles. The SMILES string of the molecule is N[C@H]1CCN(C(=O)C2(S(=O)(=O)c3ccc(Cl)cc3)CCCC2)C1. The van der Waals surface area contributed by atoms with Crippen LogP contribution in [0.25, 0.3) is 0 Å². The molecule has 126 valence electrons. The number of likely N-dealkylation sites (tertiary alicyclic amines) is 1. The fourth-order valence-corrected chi connectivity index (χ4v) is 5.90. The van der Waals surface area contributed by atoms with E-state index in [0.717, 1.165) is 19.3 Å². The highest BCUT2D eigenvalue weighted by Crippen LogP contribution is 2.42. The van der Waals surface area contributed by atoms with Gasteiger partial charge in [-0.1, -0.05) is 24.4 Å². The minimum absolute atomic E-state index is 0.0596. The van der Waals surface area contributed by atoms with Gasteiger partial charge in [-0.05, 0) is 43.5 Å². The molecule has 0 unspecified atom stereocenters. The molecule has 1 aromatic rings. The lowest BCUT2D eigenvalue weighted by Crippen LogP contribution is -2.52. The minimum atomic E-state index is -3.76. The first-order valence-electron chi connectivity index (χ1n) is 7.92. The molecule has 23 heavy (non-hydrogen) atoms. The maximum absolute atomic E-state index is 13.2. The summed E-state index contributed by atoms with van der Waals surface area (Å²) in [6.07, 6.45) is 2.98. The number of amides is 1. The van der Waals surface area contributed by atoms with E-state index in [4.69, 9.17) is 17.3 Å². The Hall–Kier alpha value is -1.11. The predicted octanol–water partition coefficient (Wildman–Crippen LogP) is 1.99. The van der Waals surface area contributed by atoms with Crippen molar-refractivity contribution in [3.05, 3.63) is 29.3 Å². The van der Waals surface area contributed by atoms with Gasteiger partial charge in [0, 0.05) is 24.2 Å². The van der Waals surface area contributed by atoms with Crippen molar-refractivity contribution < 1.29 is 13.2 Å². The van der Waals surface area contributed by atoms with E-state index in [0.29, 0.717) is 31.0 Å². The first kappa shape index (κ1) is 16.7. The topological polar surface area (TPSA) is 80.5 Å². The van der Waals surface area contributed by atoms with E-state index in [1.54, 1.807) is 17.0 Å². The van der Waals surface area contributed by atoms with Crippen molar-refractivity contribution in [1.82, 2.24) is 4.90 Å². The van der Waals surface area contributed by atoms with Crippen molar-refractivity contribution in [3.8, 4) is 0 Å². The summed E-state index contributed by atoms with van der Waals surface area (Å²) in [6.45, 7) is 0.981. The van der Waals surface area contributed by atoms with Gasteiger partial charge in [-0.3, -0.25) is 4.79 Å². The molecule has 0 spiro atoms. The number of hydrogen-bond acceptors (Lipinski definition) is 4. The van der Waals surface area contributed by atoms with Crippen LogP contribution in [0.15, 0.2) is 29.2 Å². The van der Waals surface area contributed by atoms with Crippen LogP contribution in [0.5, 0.6) is 0 Å². The third kappa shape index (κ3) is 2.77. The zero-order chi connectivity index (χ0) is 16.7. The average Bonchev–Trinajstić information content (AvgIpc) is 3.17. The van der Waals surface area contributed by atoms with E-state index in [-0.39, 0.29) is 16.8 Å². The van der Waals surface area contributed by atoms with Gasteiger partial charge in [-0.2, -0.15) is 0 Å². The Morgan fingerprint density at radius 2 is 1.83 bits per heavy atom. The van der Waals surface area contributed by atoms with Gasteiger partial charge < -0.3 is 10.6 Å². The highest BCUT2D eigenvalue weighted by Gasteiger charge is 2.54. The molecule has 1 heterocycles. The first-order valence-corrected chi connectivity index (χ1v) is 9.78. The van der Waals surface area contributed by atoms with Crippen LogP contribution in [0.2, 0.25) is 5.02 Å². The fourth-order valence-electron chi connectivity index (χ4n) is 3.64. The summed E-state index contributed by atoms with van der Waals surface area (Å²) in [6, 6.07) is 6.01. The molecule has 1 aliphatic heterocycles. The molecule has 2 fully saturated rings. The standard InChI is InChI=1S/C16H21ClN2O3S/c17-12-3-5-14(6-4-12)23(21,22)16(8-1-2-9-16)15(20)19-10-7-13(18)11-19/h3-6,13H,1-2,7-11,18H2/t13-/m0/s1. The Kier molecular flexibility index (Phi) is 4.42. The fraction of sp³-hybridized carbons (Fsp3) is 0.562. The van der Waals surface area contributed by atoms with Crippen LogP contribution in [0, 0.1) is 0 Å². The molecule has 7 heteroatoms. The van der Waals surface area contributed by atoms with Gasteiger partial charge in [0.15, 0.2) is 14.6 Å². The van der Waals surface area contributed by atoms with E-state index >= 15 is 0 Å². The van der Waals surface area contributed by atoms with E-state index in [2.05, 4.69) is 0 Å². The van der Waals surface area contributed by atoms with Gasteiger partial charge in [0.25, 0.3) is 0 Å². The lowest BCUT2D eigenvalue weighted by Gasteiger charge is -2.32. The van der Waals surface area contributed by atoms with E-state index in [1.807, 2.05) is 0 Å². The first-order chi connectivity index (χ1) is 10.9. The largest absolute Gasteiger partial charge is 0.340 e. The second-order valence-corrected chi connectivity index (χ2v) is 9.15. The van der Waals surface area contributed by atoms with Crippen LogP contribution in [0.1, 0.15) is 32.1 Å².